The van der Waals surface area contributed by atoms with Crippen molar-refractivity contribution in [2.45, 2.75) is 13.0 Å². The molecule has 12 heavy (non-hydrogen) atoms. The van der Waals surface area contributed by atoms with Crippen LogP contribution in [-0.4, -0.2) is 0 Å². The summed E-state index contributed by atoms with van der Waals surface area (Å²) in [5.74, 6) is 3.93. The van der Waals surface area contributed by atoms with Gasteiger partial charge in [-0.1, -0.05) is 0 Å². The summed E-state index contributed by atoms with van der Waals surface area (Å²) in [7, 11) is 0. The fourth-order valence-electron chi connectivity index (χ4n) is 0.921. The topological polar surface area (TPSA) is 38.0 Å². The van der Waals surface area contributed by atoms with Gasteiger partial charge in [-0.15, -0.1) is 0 Å². The van der Waals surface area contributed by atoms with Crippen LogP contribution in [0, 0.1) is 11.6 Å². The average Bonchev–Trinajstić information content (AvgIpc) is 2.01. The van der Waals surface area contributed by atoms with Gasteiger partial charge in [0.15, 0.2) is 0 Å². The highest BCUT2D eigenvalue weighted by Crippen LogP contribution is 2.14. The van der Waals surface area contributed by atoms with Crippen molar-refractivity contribution >= 4 is 0 Å². The van der Waals surface area contributed by atoms with Crippen molar-refractivity contribution in [2.24, 2.45) is 5.84 Å². The fraction of sp³-hybridized carbons (Fsp3) is 0.250. The maximum atomic E-state index is 12.6. The molecule has 0 fully saturated rings. The first-order chi connectivity index (χ1) is 5.63. The standard InChI is InChI=1S/C8H10F2N2/c1-5(12-11)6-2-7(9)4-8(10)3-6/h2-5,12H,11H2,1H3. The van der Waals surface area contributed by atoms with Crippen molar-refractivity contribution in [1.29, 1.82) is 0 Å². The molecule has 0 saturated carbocycles. The SMILES string of the molecule is CC(NN)c1cc(F)cc(F)c1. The highest BCUT2D eigenvalue weighted by Gasteiger charge is 2.05. The maximum absolute atomic E-state index is 12.6. The smallest absolute Gasteiger partial charge is 0.126 e. The van der Waals surface area contributed by atoms with Crippen LogP contribution < -0.4 is 11.3 Å². The second kappa shape index (κ2) is 3.60. The zero-order valence-electron chi connectivity index (χ0n) is 6.64. The lowest BCUT2D eigenvalue weighted by Gasteiger charge is -2.09. The molecule has 0 amide bonds. The molecule has 0 aliphatic carbocycles. The minimum absolute atomic E-state index is 0.254. The van der Waals surface area contributed by atoms with E-state index in [9.17, 15) is 8.78 Å². The summed E-state index contributed by atoms with van der Waals surface area (Å²) >= 11 is 0. The molecule has 0 heterocycles. The Balaban J connectivity index is 3.00. The molecule has 4 heteroatoms. The Labute approximate surface area is 69.4 Å². The number of hydrazine groups is 1. The molecule has 3 N–H and O–H groups in total. The summed E-state index contributed by atoms with van der Waals surface area (Å²) in [6.07, 6.45) is 0. The van der Waals surface area contributed by atoms with Crippen LogP contribution in [-0.2, 0) is 0 Å². The lowest BCUT2D eigenvalue weighted by atomic mass is 10.1. The largest absolute Gasteiger partial charge is 0.271 e. The first-order valence-corrected chi connectivity index (χ1v) is 3.55. The molecule has 1 aromatic rings. The van der Waals surface area contributed by atoms with E-state index in [-0.39, 0.29) is 6.04 Å². The number of hydrogen-bond acceptors (Lipinski definition) is 2. The van der Waals surface area contributed by atoms with Crippen LogP contribution in [0.3, 0.4) is 0 Å². The van der Waals surface area contributed by atoms with E-state index in [1.807, 2.05) is 0 Å². The quantitative estimate of drug-likeness (QED) is 0.524. The summed E-state index contributed by atoms with van der Waals surface area (Å²) in [4.78, 5) is 0. The number of hydrogen-bond donors (Lipinski definition) is 2. The van der Waals surface area contributed by atoms with Gasteiger partial charge >= 0.3 is 0 Å². The van der Waals surface area contributed by atoms with Crippen LogP contribution in [0.15, 0.2) is 18.2 Å². The normalized spacial score (nSPS) is 13.0. The third-order valence-electron chi connectivity index (χ3n) is 1.63. The van der Waals surface area contributed by atoms with E-state index in [1.165, 1.54) is 12.1 Å². The van der Waals surface area contributed by atoms with Gasteiger partial charge in [0.25, 0.3) is 0 Å². The lowest BCUT2D eigenvalue weighted by molar-refractivity contribution is 0.556. The van der Waals surface area contributed by atoms with Gasteiger partial charge in [-0.2, -0.15) is 0 Å². The second-order valence-electron chi connectivity index (χ2n) is 2.59. The van der Waals surface area contributed by atoms with E-state index in [4.69, 9.17) is 5.84 Å². The zero-order chi connectivity index (χ0) is 9.14. The Morgan fingerprint density at radius 1 is 1.25 bits per heavy atom. The van der Waals surface area contributed by atoms with Crippen LogP contribution in [0.4, 0.5) is 8.78 Å². The predicted molar refractivity (Wildman–Crippen MR) is 42.1 cm³/mol. The summed E-state index contributed by atoms with van der Waals surface area (Å²) in [5.41, 5.74) is 2.90. The zero-order valence-corrected chi connectivity index (χ0v) is 6.64. The monoisotopic (exact) mass is 172 g/mol. The van der Waals surface area contributed by atoms with Gasteiger partial charge in [0.2, 0.25) is 0 Å². The molecule has 0 aliphatic heterocycles. The molecular formula is C8H10F2N2. The fourth-order valence-corrected chi connectivity index (χ4v) is 0.921. The molecule has 0 aliphatic rings. The van der Waals surface area contributed by atoms with E-state index < -0.39 is 11.6 Å². The van der Waals surface area contributed by atoms with Crippen LogP contribution >= 0.6 is 0 Å². The molecular weight excluding hydrogens is 162 g/mol. The highest BCUT2D eigenvalue weighted by molar-refractivity contribution is 5.20. The van der Waals surface area contributed by atoms with Crippen molar-refractivity contribution in [3.8, 4) is 0 Å². The second-order valence-corrected chi connectivity index (χ2v) is 2.59. The first-order valence-electron chi connectivity index (χ1n) is 3.55. The van der Waals surface area contributed by atoms with Gasteiger partial charge in [0.1, 0.15) is 11.6 Å². The van der Waals surface area contributed by atoms with Gasteiger partial charge < -0.3 is 0 Å². The van der Waals surface area contributed by atoms with Gasteiger partial charge in [0.05, 0.1) is 0 Å². The third-order valence-corrected chi connectivity index (χ3v) is 1.63. The molecule has 1 atom stereocenters. The summed E-state index contributed by atoms with van der Waals surface area (Å²) < 4.78 is 25.2. The van der Waals surface area contributed by atoms with Crippen LogP contribution in [0.5, 0.6) is 0 Å². The Hall–Kier alpha value is -1.00. The molecule has 0 saturated heterocycles. The van der Waals surface area contributed by atoms with E-state index in [0.717, 1.165) is 6.07 Å². The molecule has 1 aromatic carbocycles. The van der Waals surface area contributed by atoms with Gasteiger partial charge in [-0.05, 0) is 24.6 Å². The maximum Gasteiger partial charge on any atom is 0.126 e. The first kappa shape index (κ1) is 9.09. The number of halogens is 2. The van der Waals surface area contributed by atoms with E-state index in [1.54, 1.807) is 6.92 Å². The summed E-state index contributed by atoms with van der Waals surface area (Å²) in [6.45, 7) is 1.72. The number of nitrogens with one attached hydrogen (secondary N) is 1. The van der Waals surface area contributed by atoms with Crippen LogP contribution in [0.25, 0.3) is 0 Å². The van der Waals surface area contributed by atoms with Crippen LogP contribution in [0.1, 0.15) is 18.5 Å². The van der Waals surface area contributed by atoms with Gasteiger partial charge in [0, 0.05) is 12.1 Å². The van der Waals surface area contributed by atoms with Crippen LogP contribution in [0.2, 0.25) is 0 Å². The lowest BCUT2D eigenvalue weighted by Crippen LogP contribution is -2.25. The molecule has 1 rings (SSSR count). The van der Waals surface area contributed by atoms with Crippen molar-refractivity contribution < 1.29 is 8.78 Å². The van der Waals surface area contributed by atoms with E-state index in [0.29, 0.717) is 5.56 Å². The van der Waals surface area contributed by atoms with Crippen molar-refractivity contribution in [3.63, 3.8) is 0 Å². The van der Waals surface area contributed by atoms with E-state index in [2.05, 4.69) is 5.43 Å². The molecule has 0 bridgehead atoms. The average molecular weight is 172 g/mol. The predicted octanol–water partition coefficient (Wildman–Crippen LogP) is 1.49. The summed E-state index contributed by atoms with van der Waals surface area (Å²) in [6, 6.07) is 3.06. The third kappa shape index (κ3) is 1.99. The molecule has 0 aromatic heterocycles. The van der Waals surface area contributed by atoms with Gasteiger partial charge in [-0.25, -0.2) is 8.78 Å². The Bertz CT molecular complexity index is 256. The number of rotatable bonds is 2. The molecule has 1 unspecified atom stereocenters. The minimum atomic E-state index is -0.591. The Morgan fingerprint density at radius 2 is 1.75 bits per heavy atom. The summed E-state index contributed by atoms with van der Waals surface area (Å²) in [5, 5.41) is 0. The molecule has 66 valence electrons. The Morgan fingerprint density at radius 3 is 2.17 bits per heavy atom. The Kier molecular flexibility index (Phi) is 2.73. The number of benzene rings is 1. The van der Waals surface area contributed by atoms with Gasteiger partial charge in [-0.3, -0.25) is 11.3 Å². The molecule has 2 nitrogen and oxygen atoms in total. The van der Waals surface area contributed by atoms with Crippen molar-refractivity contribution in [1.82, 2.24) is 5.43 Å². The molecule has 0 radical (unpaired) electrons. The number of nitrogens with two attached hydrogens (primary N) is 1. The van der Waals surface area contributed by atoms with Crippen molar-refractivity contribution in [3.05, 3.63) is 35.4 Å². The minimum Gasteiger partial charge on any atom is -0.271 e. The highest BCUT2D eigenvalue weighted by atomic mass is 19.1. The molecule has 0 spiro atoms. The van der Waals surface area contributed by atoms with Crippen molar-refractivity contribution in [2.75, 3.05) is 0 Å². The van der Waals surface area contributed by atoms with E-state index >= 15 is 0 Å².